The van der Waals surface area contributed by atoms with Gasteiger partial charge in [0.25, 0.3) is 5.91 Å². The lowest BCUT2D eigenvalue weighted by molar-refractivity contribution is 0.0951. The molecule has 3 rings (SSSR count). The molecule has 0 fully saturated rings. The molecule has 0 aliphatic rings. The molecule has 1 amide bonds. The van der Waals surface area contributed by atoms with Crippen LogP contribution < -0.4 is 10.6 Å². The molecule has 1 aromatic carbocycles. The van der Waals surface area contributed by atoms with Gasteiger partial charge in [-0.1, -0.05) is 24.3 Å². The van der Waals surface area contributed by atoms with E-state index in [0.29, 0.717) is 17.9 Å². The van der Waals surface area contributed by atoms with Crippen molar-refractivity contribution in [1.29, 1.82) is 0 Å². The number of benzene rings is 1. The van der Waals surface area contributed by atoms with Crippen LogP contribution in [0, 0.1) is 0 Å². The number of anilines is 2. The quantitative estimate of drug-likeness (QED) is 0.753. The summed E-state index contributed by atoms with van der Waals surface area (Å²) in [5.74, 6) is 0.591. The lowest BCUT2D eigenvalue weighted by atomic mass is 10.2. The number of rotatable bonds is 5. The predicted molar refractivity (Wildman–Crippen MR) is 89.5 cm³/mol. The Labute approximate surface area is 132 Å². The normalized spacial score (nSPS) is 10.2. The van der Waals surface area contributed by atoms with Crippen LogP contribution in [0.25, 0.3) is 0 Å². The zero-order chi connectivity index (χ0) is 15.2. The zero-order valence-electron chi connectivity index (χ0n) is 11.8. The number of nitrogens with zero attached hydrogens (tertiary/aromatic N) is 1. The van der Waals surface area contributed by atoms with Crippen LogP contribution in [-0.2, 0) is 6.54 Å². The smallest absolute Gasteiger partial charge is 0.253 e. The standard InChI is InChI=1S/C17H15N3OS/c21-17(19-12-15-7-4-10-22-15)13-8-9-16(18-11-13)20-14-5-2-1-3-6-14/h1-11H,12H2,(H,18,20)(H,19,21). The second-order valence-electron chi connectivity index (χ2n) is 4.69. The van der Waals surface area contributed by atoms with Gasteiger partial charge in [-0.15, -0.1) is 11.3 Å². The molecule has 0 aliphatic heterocycles. The third kappa shape index (κ3) is 3.71. The molecule has 22 heavy (non-hydrogen) atoms. The van der Waals surface area contributed by atoms with E-state index in [4.69, 9.17) is 0 Å². The Morgan fingerprint density at radius 1 is 1.05 bits per heavy atom. The number of amides is 1. The number of pyridine rings is 1. The van der Waals surface area contributed by atoms with Crippen LogP contribution in [0.1, 0.15) is 15.2 Å². The van der Waals surface area contributed by atoms with E-state index >= 15 is 0 Å². The summed E-state index contributed by atoms with van der Waals surface area (Å²) in [5, 5.41) is 8.06. The molecule has 0 radical (unpaired) electrons. The minimum absolute atomic E-state index is 0.118. The largest absolute Gasteiger partial charge is 0.347 e. The van der Waals surface area contributed by atoms with Gasteiger partial charge in [0.2, 0.25) is 0 Å². The fourth-order valence-corrected chi connectivity index (χ4v) is 2.60. The molecule has 0 bridgehead atoms. The van der Waals surface area contributed by atoms with Gasteiger partial charge in [0.15, 0.2) is 0 Å². The number of para-hydroxylation sites is 1. The van der Waals surface area contributed by atoms with Crippen LogP contribution in [0.15, 0.2) is 66.2 Å². The second-order valence-corrected chi connectivity index (χ2v) is 5.72. The Morgan fingerprint density at radius 3 is 2.59 bits per heavy atom. The minimum atomic E-state index is -0.118. The van der Waals surface area contributed by atoms with E-state index in [1.54, 1.807) is 29.7 Å². The summed E-state index contributed by atoms with van der Waals surface area (Å²) in [6, 6.07) is 17.3. The molecule has 2 heterocycles. The summed E-state index contributed by atoms with van der Waals surface area (Å²) < 4.78 is 0. The third-order valence-electron chi connectivity index (χ3n) is 3.08. The Hall–Kier alpha value is -2.66. The fraction of sp³-hybridized carbons (Fsp3) is 0.0588. The minimum Gasteiger partial charge on any atom is -0.347 e. The number of nitrogens with one attached hydrogen (secondary N) is 2. The van der Waals surface area contributed by atoms with Gasteiger partial charge in [-0.25, -0.2) is 4.98 Å². The summed E-state index contributed by atoms with van der Waals surface area (Å²) in [7, 11) is 0. The van der Waals surface area contributed by atoms with Crippen molar-refractivity contribution in [3.8, 4) is 0 Å². The van der Waals surface area contributed by atoms with Gasteiger partial charge in [-0.3, -0.25) is 4.79 Å². The molecule has 0 atom stereocenters. The van der Waals surface area contributed by atoms with Crippen LogP contribution in [0.3, 0.4) is 0 Å². The number of thiophene rings is 1. The molecule has 2 aromatic heterocycles. The first kappa shape index (κ1) is 14.3. The number of carbonyl (C=O) groups excluding carboxylic acids is 1. The lowest BCUT2D eigenvalue weighted by Crippen LogP contribution is -2.22. The van der Waals surface area contributed by atoms with Gasteiger partial charge in [-0.2, -0.15) is 0 Å². The van der Waals surface area contributed by atoms with E-state index in [1.807, 2.05) is 47.8 Å². The van der Waals surface area contributed by atoms with Crippen LogP contribution in [0.2, 0.25) is 0 Å². The molecule has 3 aromatic rings. The third-order valence-corrected chi connectivity index (χ3v) is 3.95. The lowest BCUT2D eigenvalue weighted by Gasteiger charge is -2.07. The molecule has 4 nitrogen and oxygen atoms in total. The fourth-order valence-electron chi connectivity index (χ4n) is 1.95. The first-order chi connectivity index (χ1) is 10.8. The van der Waals surface area contributed by atoms with E-state index in [2.05, 4.69) is 15.6 Å². The molecule has 0 saturated carbocycles. The summed E-state index contributed by atoms with van der Waals surface area (Å²) in [6.07, 6.45) is 1.58. The van der Waals surface area contributed by atoms with Gasteiger partial charge in [0.1, 0.15) is 5.82 Å². The Balaban J connectivity index is 1.60. The number of hydrogen-bond acceptors (Lipinski definition) is 4. The highest BCUT2D eigenvalue weighted by Gasteiger charge is 2.06. The number of aromatic nitrogens is 1. The average molecular weight is 309 g/mol. The van der Waals surface area contributed by atoms with E-state index < -0.39 is 0 Å². The van der Waals surface area contributed by atoms with Crippen molar-refractivity contribution in [2.45, 2.75) is 6.54 Å². The molecule has 0 aliphatic carbocycles. The maximum Gasteiger partial charge on any atom is 0.253 e. The van der Waals surface area contributed by atoms with Crippen LogP contribution in [-0.4, -0.2) is 10.9 Å². The van der Waals surface area contributed by atoms with Crippen molar-refractivity contribution in [2.24, 2.45) is 0 Å². The van der Waals surface area contributed by atoms with E-state index in [1.165, 1.54) is 0 Å². The number of hydrogen-bond donors (Lipinski definition) is 2. The highest BCUT2D eigenvalue weighted by atomic mass is 32.1. The van der Waals surface area contributed by atoms with Crippen LogP contribution in [0.5, 0.6) is 0 Å². The van der Waals surface area contributed by atoms with Gasteiger partial charge >= 0.3 is 0 Å². The summed E-state index contributed by atoms with van der Waals surface area (Å²) >= 11 is 1.62. The summed E-state index contributed by atoms with van der Waals surface area (Å²) in [4.78, 5) is 17.4. The zero-order valence-corrected chi connectivity index (χ0v) is 12.6. The number of carbonyl (C=O) groups is 1. The van der Waals surface area contributed by atoms with Crippen molar-refractivity contribution in [3.05, 3.63) is 76.6 Å². The first-order valence-electron chi connectivity index (χ1n) is 6.90. The molecule has 2 N–H and O–H groups in total. The molecule has 0 unspecified atom stereocenters. The van der Waals surface area contributed by atoms with Crippen molar-refractivity contribution < 1.29 is 4.79 Å². The monoisotopic (exact) mass is 309 g/mol. The van der Waals surface area contributed by atoms with Crippen molar-refractivity contribution in [3.63, 3.8) is 0 Å². The molecule has 5 heteroatoms. The topological polar surface area (TPSA) is 54.0 Å². The van der Waals surface area contributed by atoms with Crippen molar-refractivity contribution in [2.75, 3.05) is 5.32 Å². The van der Waals surface area contributed by atoms with Gasteiger partial charge in [0, 0.05) is 16.8 Å². The maximum atomic E-state index is 12.0. The molecule has 0 saturated heterocycles. The molecule has 0 spiro atoms. The van der Waals surface area contributed by atoms with Gasteiger partial charge in [0.05, 0.1) is 12.1 Å². The highest BCUT2D eigenvalue weighted by molar-refractivity contribution is 7.09. The predicted octanol–water partition coefficient (Wildman–Crippen LogP) is 3.82. The van der Waals surface area contributed by atoms with E-state index in [-0.39, 0.29) is 5.91 Å². The summed E-state index contributed by atoms with van der Waals surface area (Å²) in [6.45, 7) is 0.542. The second kappa shape index (κ2) is 6.87. The van der Waals surface area contributed by atoms with Crippen LogP contribution >= 0.6 is 11.3 Å². The maximum absolute atomic E-state index is 12.0. The Kier molecular flexibility index (Phi) is 4.46. The highest BCUT2D eigenvalue weighted by Crippen LogP contribution is 2.14. The van der Waals surface area contributed by atoms with Gasteiger partial charge < -0.3 is 10.6 Å². The molecular formula is C17H15N3OS. The van der Waals surface area contributed by atoms with Crippen molar-refractivity contribution >= 4 is 28.7 Å². The average Bonchev–Trinajstić information content (AvgIpc) is 3.08. The molecule has 110 valence electrons. The SMILES string of the molecule is O=C(NCc1cccs1)c1ccc(Nc2ccccc2)nc1. The van der Waals surface area contributed by atoms with E-state index in [9.17, 15) is 4.79 Å². The van der Waals surface area contributed by atoms with E-state index in [0.717, 1.165) is 10.6 Å². The van der Waals surface area contributed by atoms with Gasteiger partial charge in [-0.05, 0) is 35.7 Å². The van der Waals surface area contributed by atoms with Crippen LogP contribution in [0.4, 0.5) is 11.5 Å². The Morgan fingerprint density at radius 2 is 1.91 bits per heavy atom. The molecular weight excluding hydrogens is 294 g/mol. The van der Waals surface area contributed by atoms with Crippen molar-refractivity contribution in [1.82, 2.24) is 10.3 Å². The summed E-state index contributed by atoms with van der Waals surface area (Å²) in [5.41, 5.74) is 1.51. The first-order valence-corrected chi connectivity index (χ1v) is 7.78. The Bertz CT molecular complexity index is 724.